The molecule has 0 aromatic rings. The van der Waals surface area contributed by atoms with Crippen LogP contribution in [-0.4, -0.2) is 12.2 Å². The maximum Gasteiger partial charge on any atom is 0.0662 e. The summed E-state index contributed by atoms with van der Waals surface area (Å²) in [5, 5.41) is 3.37. The van der Waals surface area contributed by atoms with Gasteiger partial charge in [0, 0.05) is 0 Å². The molecule has 2 bridgehead atoms. The van der Waals surface area contributed by atoms with Gasteiger partial charge in [-0.2, -0.15) is 0 Å². The van der Waals surface area contributed by atoms with Crippen LogP contribution in [0.25, 0.3) is 0 Å². The van der Waals surface area contributed by atoms with Crippen molar-refractivity contribution in [3.63, 3.8) is 0 Å². The average molecular weight is 126 g/mol. The van der Waals surface area contributed by atoms with Gasteiger partial charge in [-0.15, -0.1) is 0 Å². The van der Waals surface area contributed by atoms with E-state index in [2.05, 4.69) is 5.32 Å². The molecule has 1 saturated carbocycles. The molecule has 2 saturated heterocycles. The third-order valence-corrected chi connectivity index (χ3v) is 2.74. The molecule has 3 aliphatic rings. The minimum absolute atomic E-state index is 0.0365. The van der Waals surface area contributed by atoms with Crippen LogP contribution in [0.5, 0.6) is 0 Å². The Labute approximate surface area is 55.8 Å². The summed E-state index contributed by atoms with van der Waals surface area (Å²) in [5.74, 6) is 0.940. The van der Waals surface area contributed by atoms with Crippen molar-refractivity contribution in [1.29, 1.82) is 0 Å². The van der Waals surface area contributed by atoms with Gasteiger partial charge in [-0.1, -0.05) is 0 Å². The molecule has 0 spiro atoms. The zero-order valence-corrected chi connectivity index (χ0v) is 5.69. The summed E-state index contributed by atoms with van der Waals surface area (Å²) in [6.45, 7) is 1.16. The predicted molar refractivity (Wildman–Crippen MR) is 36.9 cm³/mol. The Kier molecular flexibility index (Phi) is 1.08. The highest BCUT2D eigenvalue weighted by Gasteiger charge is 2.36. The van der Waals surface area contributed by atoms with Gasteiger partial charge in [0.15, 0.2) is 0 Å². The molecule has 2 aliphatic heterocycles. The van der Waals surface area contributed by atoms with E-state index >= 15 is 0 Å². The van der Waals surface area contributed by atoms with Gasteiger partial charge in [0.2, 0.25) is 0 Å². The molecular weight excluding hydrogens is 112 g/mol. The highest BCUT2D eigenvalue weighted by atomic mass is 15.1. The quantitative estimate of drug-likeness (QED) is 0.494. The van der Waals surface area contributed by atoms with Crippen LogP contribution >= 0.6 is 0 Å². The van der Waals surface area contributed by atoms with Crippen molar-refractivity contribution in [1.82, 2.24) is 5.32 Å². The third-order valence-electron chi connectivity index (χ3n) is 2.74. The van der Waals surface area contributed by atoms with E-state index in [9.17, 15) is 0 Å². The summed E-state index contributed by atoms with van der Waals surface area (Å²) >= 11 is 0. The molecule has 2 heteroatoms. The van der Waals surface area contributed by atoms with Crippen LogP contribution in [-0.2, 0) is 0 Å². The molecule has 9 heavy (non-hydrogen) atoms. The number of nitrogens with two attached hydrogens (primary N) is 1. The predicted octanol–water partition coefficient (Wildman–Crippen LogP) is 0.435. The number of nitrogens with one attached hydrogen (secondary N) is 1. The number of hydrogen-bond acceptors (Lipinski definition) is 2. The summed E-state index contributed by atoms with van der Waals surface area (Å²) in [4.78, 5) is 0. The van der Waals surface area contributed by atoms with Crippen LogP contribution in [0.2, 0.25) is 0 Å². The molecule has 0 radical (unpaired) electrons. The molecule has 0 aromatic carbocycles. The fourth-order valence-corrected chi connectivity index (χ4v) is 1.92. The van der Waals surface area contributed by atoms with Gasteiger partial charge in [0.05, 0.1) is 5.66 Å². The molecule has 3 N–H and O–H groups in total. The van der Waals surface area contributed by atoms with E-state index in [0.717, 1.165) is 12.5 Å². The van der Waals surface area contributed by atoms with Gasteiger partial charge < -0.3 is 5.73 Å². The van der Waals surface area contributed by atoms with E-state index in [1.165, 1.54) is 25.7 Å². The largest absolute Gasteiger partial charge is 0.313 e. The molecule has 3 fully saturated rings. The summed E-state index contributed by atoms with van der Waals surface area (Å²) in [5.41, 5.74) is 6.02. The molecule has 3 rings (SSSR count). The van der Waals surface area contributed by atoms with Crippen molar-refractivity contribution >= 4 is 0 Å². The van der Waals surface area contributed by atoms with E-state index < -0.39 is 0 Å². The number of fused-ring (bicyclic) bond motifs is 3. The van der Waals surface area contributed by atoms with E-state index in [0.29, 0.717) is 0 Å². The lowest BCUT2D eigenvalue weighted by Gasteiger charge is -2.44. The fraction of sp³-hybridized carbons (Fsp3) is 1.00. The topological polar surface area (TPSA) is 38.0 Å². The van der Waals surface area contributed by atoms with Crippen molar-refractivity contribution in [3.8, 4) is 0 Å². The van der Waals surface area contributed by atoms with Gasteiger partial charge in [-0.25, -0.2) is 0 Å². The third kappa shape index (κ3) is 0.864. The van der Waals surface area contributed by atoms with Gasteiger partial charge in [0.25, 0.3) is 0 Å². The Hall–Kier alpha value is -0.0800. The summed E-state index contributed by atoms with van der Waals surface area (Å²) < 4.78 is 0. The lowest BCUT2D eigenvalue weighted by molar-refractivity contribution is 0.124. The van der Waals surface area contributed by atoms with E-state index in [1.807, 2.05) is 0 Å². The number of piperidine rings is 2. The van der Waals surface area contributed by atoms with Gasteiger partial charge in [-0.05, 0) is 38.1 Å². The monoisotopic (exact) mass is 126 g/mol. The Morgan fingerprint density at radius 2 is 2.00 bits per heavy atom. The first-order chi connectivity index (χ1) is 4.29. The van der Waals surface area contributed by atoms with Crippen molar-refractivity contribution in [2.75, 3.05) is 6.54 Å². The second-order valence-corrected chi connectivity index (χ2v) is 3.48. The molecule has 2 heterocycles. The SMILES string of the molecule is NC12CCC(CC1)CN2. The first kappa shape index (κ1) is 5.69. The normalized spacial score (nSPS) is 49.7. The van der Waals surface area contributed by atoms with Gasteiger partial charge >= 0.3 is 0 Å². The van der Waals surface area contributed by atoms with E-state index in [1.54, 1.807) is 0 Å². The van der Waals surface area contributed by atoms with Crippen LogP contribution in [0.1, 0.15) is 25.7 Å². The summed E-state index contributed by atoms with van der Waals surface area (Å²) in [6.07, 6.45) is 5.09. The van der Waals surface area contributed by atoms with E-state index in [4.69, 9.17) is 5.73 Å². The van der Waals surface area contributed by atoms with Crippen molar-refractivity contribution in [2.24, 2.45) is 11.7 Å². The second-order valence-electron chi connectivity index (χ2n) is 3.48. The Morgan fingerprint density at radius 1 is 1.33 bits per heavy atom. The first-order valence-corrected chi connectivity index (χ1v) is 3.82. The fourth-order valence-electron chi connectivity index (χ4n) is 1.92. The summed E-state index contributed by atoms with van der Waals surface area (Å²) in [7, 11) is 0. The van der Waals surface area contributed by atoms with Crippen molar-refractivity contribution < 1.29 is 0 Å². The number of rotatable bonds is 0. The smallest absolute Gasteiger partial charge is 0.0662 e. The summed E-state index contributed by atoms with van der Waals surface area (Å²) in [6, 6.07) is 0. The Balaban J connectivity index is 2.11. The molecule has 0 aromatic heterocycles. The second kappa shape index (κ2) is 1.70. The average Bonchev–Trinajstić information content (AvgIpc) is 1.90. The number of hydrogen-bond donors (Lipinski definition) is 2. The molecule has 0 unspecified atom stereocenters. The highest BCUT2D eigenvalue weighted by Crippen LogP contribution is 2.32. The van der Waals surface area contributed by atoms with Crippen LogP contribution in [0.4, 0.5) is 0 Å². The lowest BCUT2D eigenvalue weighted by atomic mass is 9.78. The standard InChI is InChI=1S/C7H14N2/c8-7-3-1-6(2-4-7)5-9-7/h6,9H,1-5,8H2. The van der Waals surface area contributed by atoms with Crippen LogP contribution < -0.4 is 11.1 Å². The van der Waals surface area contributed by atoms with Gasteiger partial charge in [-0.3, -0.25) is 5.32 Å². The molecule has 52 valence electrons. The zero-order valence-electron chi connectivity index (χ0n) is 5.69. The molecule has 0 amide bonds. The van der Waals surface area contributed by atoms with E-state index in [-0.39, 0.29) is 5.66 Å². The molecule has 0 atom stereocenters. The Morgan fingerprint density at radius 3 is 2.22 bits per heavy atom. The minimum atomic E-state index is 0.0365. The van der Waals surface area contributed by atoms with Crippen LogP contribution in [0, 0.1) is 5.92 Å². The molecule has 2 nitrogen and oxygen atoms in total. The maximum atomic E-state index is 5.99. The molecule has 1 aliphatic carbocycles. The van der Waals surface area contributed by atoms with Crippen LogP contribution in [0.15, 0.2) is 0 Å². The first-order valence-electron chi connectivity index (χ1n) is 3.82. The maximum absolute atomic E-state index is 5.99. The molecular formula is C7H14N2. The lowest BCUT2D eigenvalue weighted by Crippen LogP contribution is -2.61. The Bertz CT molecular complexity index is 100. The van der Waals surface area contributed by atoms with Gasteiger partial charge in [0.1, 0.15) is 0 Å². The van der Waals surface area contributed by atoms with Crippen molar-refractivity contribution in [2.45, 2.75) is 31.3 Å². The van der Waals surface area contributed by atoms with Crippen molar-refractivity contribution in [3.05, 3.63) is 0 Å². The zero-order chi connectivity index (χ0) is 6.32. The van der Waals surface area contributed by atoms with Crippen LogP contribution in [0.3, 0.4) is 0 Å². The minimum Gasteiger partial charge on any atom is -0.313 e. The highest BCUT2D eigenvalue weighted by molar-refractivity contribution is 4.93.